The van der Waals surface area contributed by atoms with Crippen molar-refractivity contribution >= 4 is 22.8 Å². The third-order valence-electron chi connectivity index (χ3n) is 4.51. The lowest BCUT2D eigenvalue weighted by atomic mass is 10.2. The molecule has 0 unspecified atom stereocenters. The van der Waals surface area contributed by atoms with Crippen LogP contribution in [0, 0.1) is 6.92 Å². The number of hydrogen-bond acceptors (Lipinski definition) is 2. The summed E-state index contributed by atoms with van der Waals surface area (Å²) in [6.07, 6.45) is 1.92. The van der Waals surface area contributed by atoms with Gasteiger partial charge >= 0.3 is 6.03 Å². The molecule has 1 atom stereocenters. The number of para-hydroxylation sites is 2. The fourth-order valence-corrected chi connectivity index (χ4v) is 3.34. The van der Waals surface area contributed by atoms with Gasteiger partial charge in [-0.15, -0.1) is 0 Å². The highest BCUT2D eigenvalue weighted by Crippen LogP contribution is 2.31. The fourth-order valence-electron chi connectivity index (χ4n) is 3.34. The van der Waals surface area contributed by atoms with Crippen LogP contribution in [0.3, 0.4) is 0 Å². The molecule has 1 aromatic heterocycles. The molecule has 2 heterocycles. The van der Waals surface area contributed by atoms with E-state index in [1.54, 1.807) is 0 Å². The normalized spacial score (nSPS) is 17.4. The number of aromatic nitrogens is 2. The van der Waals surface area contributed by atoms with Crippen LogP contribution in [-0.2, 0) is 0 Å². The summed E-state index contributed by atoms with van der Waals surface area (Å²) < 4.78 is 0. The Morgan fingerprint density at radius 1 is 1.25 bits per heavy atom. The number of nitrogens with zero attached hydrogens (tertiary/aromatic N) is 2. The highest BCUT2D eigenvalue weighted by Gasteiger charge is 2.32. The summed E-state index contributed by atoms with van der Waals surface area (Å²) in [5.74, 6) is 0.869. The molecule has 122 valence electrons. The molecule has 5 heteroatoms. The Morgan fingerprint density at radius 3 is 2.96 bits per heavy atom. The van der Waals surface area contributed by atoms with Crippen LogP contribution in [0.15, 0.2) is 48.5 Å². The quantitative estimate of drug-likeness (QED) is 0.742. The molecule has 0 aliphatic carbocycles. The Kier molecular flexibility index (Phi) is 3.69. The van der Waals surface area contributed by atoms with Gasteiger partial charge in [0.25, 0.3) is 0 Å². The summed E-state index contributed by atoms with van der Waals surface area (Å²) in [6.45, 7) is 2.77. The molecule has 4 rings (SSSR count). The first-order valence-electron chi connectivity index (χ1n) is 8.30. The van der Waals surface area contributed by atoms with Gasteiger partial charge in [0.1, 0.15) is 5.82 Å². The second-order valence-electron chi connectivity index (χ2n) is 6.29. The highest BCUT2D eigenvalue weighted by molar-refractivity contribution is 5.90. The predicted octanol–water partition coefficient (Wildman–Crippen LogP) is 4.24. The number of aromatic amines is 1. The molecule has 2 N–H and O–H groups in total. The molecule has 1 aliphatic heterocycles. The zero-order valence-corrected chi connectivity index (χ0v) is 13.6. The Bertz CT molecular complexity index is 853. The number of anilines is 1. The number of carbonyl (C=O) groups excluding carboxylic acids is 1. The number of benzene rings is 2. The van der Waals surface area contributed by atoms with Gasteiger partial charge < -0.3 is 15.2 Å². The molecule has 0 spiro atoms. The zero-order valence-electron chi connectivity index (χ0n) is 13.6. The van der Waals surface area contributed by atoms with E-state index < -0.39 is 0 Å². The Labute approximate surface area is 140 Å². The van der Waals surface area contributed by atoms with E-state index in [9.17, 15) is 4.79 Å². The minimum atomic E-state index is -0.0662. The van der Waals surface area contributed by atoms with Gasteiger partial charge in [-0.25, -0.2) is 9.78 Å². The molecule has 2 amide bonds. The molecular formula is C19H20N4O. The SMILES string of the molecule is Cc1cccc(NC(=O)N2CCC[C@H]2c2nc3ccccc3[nH]2)c1. The maximum Gasteiger partial charge on any atom is 0.322 e. The molecule has 24 heavy (non-hydrogen) atoms. The number of nitrogens with one attached hydrogen (secondary N) is 2. The van der Waals surface area contributed by atoms with Crippen molar-refractivity contribution in [2.75, 3.05) is 11.9 Å². The van der Waals surface area contributed by atoms with E-state index in [2.05, 4.69) is 15.3 Å². The second kappa shape index (κ2) is 6.00. The van der Waals surface area contributed by atoms with Gasteiger partial charge in [0, 0.05) is 12.2 Å². The van der Waals surface area contributed by atoms with Gasteiger partial charge in [-0.1, -0.05) is 24.3 Å². The molecular weight excluding hydrogens is 300 g/mol. The first kappa shape index (κ1) is 14.8. The van der Waals surface area contributed by atoms with Crippen molar-refractivity contribution in [1.29, 1.82) is 0 Å². The largest absolute Gasteiger partial charge is 0.340 e. The van der Waals surface area contributed by atoms with E-state index in [-0.39, 0.29) is 12.1 Å². The number of urea groups is 1. The van der Waals surface area contributed by atoms with Crippen LogP contribution in [0.1, 0.15) is 30.3 Å². The van der Waals surface area contributed by atoms with E-state index >= 15 is 0 Å². The number of H-pyrrole nitrogens is 1. The number of imidazole rings is 1. The number of fused-ring (bicyclic) bond motifs is 1. The first-order chi connectivity index (χ1) is 11.7. The van der Waals surface area contributed by atoms with Gasteiger partial charge in [-0.05, 0) is 49.6 Å². The zero-order chi connectivity index (χ0) is 16.5. The summed E-state index contributed by atoms with van der Waals surface area (Å²) >= 11 is 0. The Hall–Kier alpha value is -2.82. The van der Waals surface area contributed by atoms with Crippen LogP contribution >= 0.6 is 0 Å². The number of aryl methyl sites for hydroxylation is 1. The van der Waals surface area contributed by atoms with Crippen LogP contribution < -0.4 is 5.32 Å². The average molecular weight is 320 g/mol. The van der Waals surface area contributed by atoms with E-state index in [0.29, 0.717) is 0 Å². The lowest BCUT2D eigenvalue weighted by molar-refractivity contribution is 0.205. The van der Waals surface area contributed by atoms with Crippen LogP contribution in [0.2, 0.25) is 0 Å². The van der Waals surface area contributed by atoms with Crippen LogP contribution in [0.5, 0.6) is 0 Å². The second-order valence-corrected chi connectivity index (χ2v) is 6.29. The molecule has 2 aromatic carbocycles. The van der Waals surface area contributed by atoms with E-state index in [0.717, 1.165) is 47.5 Å². The summed E-state index contributed by atoms with van der Waals surface area (Å²) in [6, 6.07) is 15.8. The molecule has 1 fully saturated rings. The number of carbonyl (C=O) groups is 1. The van der Waals surface area contributed by atoms with E-state index in [1.165, 1.54) is 0 Å². The van der Waals surface area contributed by atoms with Gasteiger partial charge in [0.15, 0.2) is 0 Å². The summed E-state index contributed by atoms with van der Waals surface area (Å²) in [4.78, 5) is 22.6. The first-order valence-corrected chi connectivity index (χ1v) is 8.30. The summed E-state index contributed by atoms with van der Waals surface area (Å²) in [7, 11) is 0. The fraction of sp³-hybridized carbons (Fsp3) is 0.263. The smallest absolute Gasteiger partial charge is 0.322 e. The van der Waals surface area contributed by atoms with Crippen molar-refractivity contribution in [2.45, 2.75) is 25.8 Å². The topological polar surface area (TPSA) is 61.0 Å². The average Bonchev–Trinajstić information content (AvgIpc) is 3.21. The monoisotopic (exact) mass is 320 g/mol. The van der Waals surface area contributed by atoms with Crippen molar-refractivity contribution in [3.05, 3.63) is 59.9 Å². The minimum absolute atomic E-state index is 0.00205. The summed E-state index contributed by atoms with van der Waals surface area (Å²) in [5, 5.41) is 3.00. The summed E-state index contributed by atoms with van der Waals surface area (Å²) in [5.41, 5.74) is 3.91. The number of likely N-dealkylation sites (tertiary alicyclic amines) is 1. The van der Waals surface area contributed by atoms with Gasteiger partial charge in [0.05, 0.1) is 17.1 Å². The van der Waals surface area contributed by atoms with E-state index in [4.69, 9.17) is 0 Å². The Morgan fingerprint density at radius 2 is 2.12 bits per heavy atom. The van der Waals surface area contributed by atoms with Crippen molar-refractivity contribution in [3.8, 4) is 0 Å². The van der Waals surface area contributed by atoms with Gasteiger partial charge in [-0.3, -0.25) is 0 Å². The number of amides is 2. The van der Waals surface area contributed by atoms with Crippen LogP contribution in [0.25, 0.3) is 11.0 Å². The predicted molar refractivity (Wildman–Crippen MR) is 95.0 cm³/mol. The van der Waals surface area contributed by atoms with Crippen LogP contribution in [0.4, 0.5) is 10.5 Å². The molecule has 0 saturated carbocycles. The maximum absolute atomic E-state index is 12.7. The van der Waals surface area contributed by atoms with Crippen molar-refractivity contribution < 1.29 is 4.79 Å². The standard InChI is InChI=1S/C19H20N4O/c1-13-6-4-7-14(12-13)20-19(24)23-11-5-10-17(23)18-21-15-8-2-3-9-16(15)22-18/h2-4,6-9,12,17H,5,10-11H2,1H3,(H,20,24)(H,21,22)/t17-/m0/s1. The molecule has 1 aliphatic rings. The Balaban J connectivity index is 1.56. The lowest BCUT2D eigenvalue weighted by Gasteiger charge is -2.23. The van der Waals surface area contributed by atoms with Crippen LogP contribution in [-0.4, -0.2) is 27.4 Å². The number of hydrogen-bond donors (Lipinski definition) is 2. The lowest BCUT2D eigenvalue weighted by Crippen LogP contribution is -2.34. The maximum atomic E-state index is 12.7. The molecule has 3 aromatic rings. The van der Waals surface area contributed by atoms with Crippen molar-refractivity contribution in [3.63, 3.8) is 0 Å². The van der Waals surface area contributed by atoms with Crippen molar-refractivity contribution in [2.24, 2.45) is 0 Å². The molecule has 0 bridgehead atoms. The molecule has 1 saturated heterocycles. The molecule has 5 nitrogen and oxygen atoms in total. The third kappa shape index (κ3) is 2.73. The minimum Gasteiger partial charge on any atom is -0.340 e. The third-order valence-corrected chi connectivity index (χ3v) is 4.51. The van der Waals surface area contributed by atoms with Gasteiger partial charge in [0.2, 0.25) is 0 Å². The van der Waals surface area contributed by atoms with E-state index in [1.807, 2.05) is 60.4 Å². The van der Waals surface area contributed by atoms with Crippen molar-refractivity contribution in [1.82, 2.24) is 14.9 Å². The molecule has 0 radical (unpaired) electrons. The highest BCUT2D eigenvalue weighted by atomic mass is 16.2. The number of rotatable bonds is 2. The van der Waals surface area contributed by atoms with Gasteiger partial charge in [-0.2, -0.15) is 0 Å².